The molecule has 0 aromatic heterocycles. The number of carboxylic acid groups (broad SMARTS) is 1. The minimum atomic E-state index is -3.48. The van der Waals surface area contributed by atoms with Gasteiger partial charge in [-0.1, -0.05) is 6.92 Å². The van der Waals surface area contributed by atoms with Gasteiger partial charge in [0.1, 0.15) is 0 Å². The van der Waals surface area contributed by atoms with Gasteiger partial charge in [0.2, 0.25) is 0 Å². The fourth-order valence-corrected chi connectivity index (χ4v) is 4.73. The van der Waals surface area contributed by atoms with Crippen molar-refractivity contribution in [2.75, 3.05) is 26.2 Å². The van der Waals surface area contributed by atoms with Crippen molar-refractivity contribution in [1.82, 2.24) is 8.61 Å². The maximum atomic E-state index is 12.5. The molecule has 0 spiro atoms. The topological polar surface area (TPSA) is 77.9 Å². The van der Waals surface area contributed by atoms with Gasteiger partial charge in [0.05, 0.1) is 5.92 Å². The summed E-state index contributed by atoms with van der Waals surface area (Å²) in [6.07, 6.45) is 3.14. The summed E-state index contributed by atoms with van der Waals surface area (Å²) in [5.74, 6) is -1.08. The average molecular weight is 290 g/mol. The molecule has 2 aliphatic rings. The quantitative estimate of drug-likeness (QED) is 0.832. The Balaban J connectivity index is 2.08. The summed E-state index contributed by atoms with van der Waals surface area (Å²) in [7, 11) is -3.48. The standard InChI is InChI=1S/C12H22N2O4S/c1-10-4-2-6-13(8-10)19(17,18)14-7-3-5-11(9-14)12(15)16/h10-11H,2-9H2,1H3,(H,15,16)/t10?,11-/m1/s1. The fourth-order valence-electron chi connectivity index (χ4n) is 2.87. The van der Waals surface area contributed by atoms with Gasteiger partial charge in [-0.3, -0.25) is 4.79 Å². The number of carbonyl (C=O) groups is 1. The second kappa shape index (κ2) is 5.76. The molecule has 0 amide bonds. The van der Waals surface area contributed by atoms with Crippen LogP contribution in [0.15, 0.2) is 0 Å². The molecule has 0 saturated carbocycles. The van der Waals surface area contributed by atoms with Gasteiger partial charge in [-0.2, -0.15) is 17.0 Å². The Bertz CT molecular complexity index is 437. The van der Waals surface area contributed by atoms with Gasteiger partial charge in [-0.05, 0) is 31.6 Å². The zero-order chi connectivity index (χ0) is 14.0. The van der Waals surface area contributed by atoms with E-state index in [0.717, 1.165) is 12.8 Å². The van der Waals surface area contributed by atoms with Crippen molar-refractivity contribution >= 4 is 16.2 Å². The molecule has 0 aromatic carbocycles. The first-order valence-electron chi connectivity index (χ1n) is 6.89. The number of hydrogen-bond donors (Lipinski definition) is 1. The molecule has 2 rings (SSSR count). The average Bonchev–Trinajstić information content (AvgIpc) is 2.39. The Labute approximate surface area is 114 Å². The Morgan fingerprint density at radius 1 is 1.11 bits per heavy atom. The van der Waals surface area contributed by atoms with Gasteiger partial charge >= 0.3 is 5.97 Å². The Morgan fingerprint density at radius 2 is 1.68 bits per heavy atom. The summed E-state index contributed by atoms with van der Waals surface area (Å²) in [6.45, 7) is 3.72. The monoisotopic (exact) mass is 290 g/mol. The molecule has 110 valence electrons. The highest BCUT2D eigenvalue weighted by molar-refractivity contribution is 7.86. The van der Waals surface area contributed by atoms with Gasteiger partial charge in [0.25, 0.3) is 10.2 Å². The molecule has 19 heavy (non-hydrogen) atoms. The minimum absolute atomic E-state index is 0.114. The smallest absolute Gasteiger partial charge is 0.307 e. The zero-order valence-electron chi connectivity index (χ0n) is 11.3. The van der Waals surface area contributed by atoms with Crippen LogP contribution >= 0.6 is 0 Å². The van der Waals surface area contributed by atoms with E-state index in [1.165, 1.54) is 8.61 Å². The molecule has 6 nitrogen and oxygen atoms in total. The van der Waals surface area contributed by atoms with E-state index in [0.29, 0.717) is 38.4 Å². The second-order valence-corrected chi connectivity index (χ2v) is 7.58. The van der Waals surface area contributed by atoms with E-state index in [1.54, 1.807) is 0 Å². The van der Waals surface area contributed by atoms with Gasteiger partial charge in [-0.15, -0.1) is 0 Å². The normalized spacial score (nSPS) is 31.2. The van der Waals surface area contributed by atoms with E-state index in [9.17, 15) is 13.2 Å². The Hall–Kier alpha value is -0.660. The third-order valence-corrected chi connectivity index (χ3v) is 5.97. The first-order valence-corrected chi connectivity index (χ1v) is 8.29. The molecule has 7 heteroatoms. The molecule has 0 aromatic rings. The molecule has 0 aliphatic carbocycles. The van der Waals surface area contributed by atoms with Crippen LogP contribution in [0.25, 0.3) is 0 Å². The van der Waals surface area contributed by atoms with Crippen molar-refractivity contribution in [2.24, 2.45) is 11.8 Å². The zero-order valence-corrected chi connectivity index (χ0v) is 12.1. The predicted molar refractivity (Wildman–Crippen MR) is 70.8 cm³/mol. The van der Waals surface area contributed by atoms with Gasteiger partial charge < -0.3 is 5.11 Å². The molecule has 2 aliphatic heterocycles. The molecular formula is C12H22N2O4S. The summed E-state index contributed by atoms with van der Waals surface area (Å²) in [4.78, 5) is 11.0. The molecule has 2 fully saturated rings. The third kappa shape index (κ3) is 3.27. The molecular weight excluding hydrogens is 268 g/mol. The SMILES string of the molecule is CC1CCCN(S(=O)(=O)N2CCC[C@@H](C(=O)O)C2)C1. The largest absolute Gasteiger partial charge is 0.481 e. The van der Waals surface area contributed by atoms with Crippen molar-refractivity contribution in [3.05, 3.63) is 0 Å². The van der Waals surface area contributed by atoms with E-state index in [4.69, 9.17) is 5.11 Å². The van der Waals surface area contributed by atoms with Crippen molar-refractivity contribution in [2.45, 2.75) is 32.6 Å². The van der Waals surface area contributed by atoms with Gasteiger partial charge in [0, 0.05) is 26.2 Å². The van der Waals surface area contributed by atoms with E-state index in [2.05, 4.69) is 6.92 Å². The fraction of sp³-hybridized carbons (Fsp3) is 0.917. The maximum Gasteiger partial charge on any atom is 0.307 e. The minimum Gasteiger partial charge on any atom is -0.481 e. The van der Waals surface area contributed by atoms with Crippen molar-refractivity contribution in [3.8, 4) is 0 Å². The lowest BCUT2D eigenvalue weighted by molar-refractivity contribution is -0.142. The molecule has 0 bridgehead atoms. The lowest BCUT2D eigenvalue weighted by Crippen LogP contribution is -2.51. The van der Waals surface area contributed by atoms with Crippen LogP contribution < -0.4 is 0 Å². The van der Waals surface area contributed by atoms with Crippen LogP contribution in [0.5, 0.6) is 0 Å². The molecule has 2 atom stereocenters. The number of aliphatic carboxylic acids is 1. The summed E-state index contributed by atoms with van der Waals surface area (Å²) in [5, 5.41) is 9.04. The Morgan fingerprint density at radius 3 is 2.26 bits per heavy atom. The third-order valence-electron chi connectivity index (χ3n) is 4.01. The number of piperidine rings is 2. The van der Waals surface area contributed by atoms with Gasteiger partial charge in [-0.25, -0.2) is 0 Å². The lowest BCUT2D eigenvalue weighted by atomic mass is 10.0. The van der Waals surface area contributed by atoms with Crippen molar-refractivity contribution < 1.29 is 18.3 Å². The van der Waals surface area contributed by atoms with E-state index >= 15 is 0 Å². The molecule has 0 radical (unpaired) electrons. The van der Waals surface area contributed by atoms with Crippen LogP contribution in [-0.2, 0) is 15.0 Å². The second-order valence-electron chi connectivity index (χ2n) is 5.65. The highest BCUT2D eigenvalue weighted by Gasteiger charge is 2.37. The number of hydrogen-bond acceptors (Lipinski definition) is 3. The van der Waals surface area contributed by atoms with Gasteiger partial charge in [0.15, 0.2) is 0 Å². The van der Waals surface area contributed by atoms with Crippen LogP contribution in [0, 0.1) is 11.8 Å². The first-order chi connectivity index (χ1) is 8.91. The maximum absolute atomic E-state index is 12.5. The summed E-state index contributed by atoms with van der Waals surface area (Å²) >= 11 is 0. The van der Waals surface area contributed by atoms with Crippen molar-refractivity contribution in [3.63, 3.8) is 0 Å². The van der Waals surface area contributed by atoms with Crippen LogP contribution in [0.2, 0.25) is 0 Å². The van der Waals surface area contributed by atoms with Crippen molar-refractivity contribution in [1.29, 1.82) is 0 Å². The molecule has 1 unspecified atom stereocenters. The van der Waals surface area contributed by atoms with E-state index in [-0.39, 0.29) is 6.54 Å². The Kier molecular flexibility index (Phi) is 4.47. The van der Waals surface area contributed by atoms with E-state index in [1.807, 2.05) is 0 Å². The molecule has 2 saturated heterocycles. The van der Waals surface area contributed by atoms with Crippen LogP contribution in [0.1, 0.15) is 32.6 Å². The van der Waals surface area contributed by atoms with Crippen LogP contribution in [0.4, 0.5) is 0 Å². The van der Waals surface area contributed by atoms with Crippen LogP contribution in [-0.4, -0.2) is 54.3 Å². The summed E-state index contributed by atoms with van der Waals surface area (Å²) in [5.41, 5.74) is 0. The predicted octanol–water partition coefficient (Wildman–Crippen LogP) is 0.760. The highest BCUT2D eigenvalue weighted by Crippen LogP contribution is 2.25. The van der Waals surface area contributed by atoms with E-state index < -0.39 is 22.1 Å². The number of nitrogens with zero attached hydrogens (tertiary/aromatic N) is 2. The first kappa shape index (κ1) is 14.7. The molecule has 1 N–H and O–H groups in total. The van der Waals surface area contributed by atoms with Crippen LogP contribution in [0.3, 0.4) is 0 Å². The number of rotatable bonds is 3. The molecule has 2 heterocycles. The highest BCUT2D eigenvalue weighted by atomic mass is 32.2. The lowest BCUT2D eigenvalue weighted by Gasteiger charge is -2.37. The summed E-state index contributed by atoms with van der Waals surface area (Å²) < 4.78 is 27.9. The summed E-state index contributed by atoms with van der Waals surface area (Å²) in [6, 6.07) is 0. The number of carboxylic acids is 1.